The van der Waals surface area contributed by atoms with Crippen LogP contribution in [-0.4, -0.2) is 24.6 Å². The van der Waals surface area contributed by atoms with Gasteiger partial charge in [0.2, 0.25) is 0 Å². The van der Waals surface area contributed by atoms with Crippen LogP contribution in [0.3, 0.4) is 0 Å². The second-order valence-corrected chi connectivity index (χ2v) is 6.24. The van der Waals surface area contributed by atoms with Crippen molar-refractivity contribution in [2.75, 3.05) is 24.5 Å². The lowest BCUT2D eigenvalue weighted by atomic mass is 9.96. The first-order valence-corrected chi connectivity index (χ1v) is 8.75. The molecule has 1 saturated heterocycles. The average Bonchev–Trinajstić information content (AvgIpc) is 2.74. The molecule has 2 heterocycles. The van der Waals surface area contributed by atoms with E-state index in [2.05, 4.69) is 42.3 Å². The summed E-state index contributed by atoms with van der Waals surface area (Å²) in [5, 5.41) is 3.44. The van der Waals surface area contributed by atoms with E-state index in [0.717, 1.165) is 24.7 Å². The average molecular weight is 289 g/mol. The quantitative estimate of drug-likeness (QED) is 0.769. The van der Waals surface area contributed by atoms with Crippen LogP contribution in [0.15, 0.2) is 18.2 Å². The molecule has 1 unspecified atom stereocenters. The van der Waals surface area contributed by atoms with Gasteiger partial charge in [0.15, 0.2) is 0 Å². The predicted octanol–water partition coefficient (Wildman–Crippen LogP) is 3.99. The number of rotatable bonds is 7. The first kappa shape index (κ1) is 16.3. The van der Waals surface area contributed by atoms with Crippen molar-refractivity contribution in [2.24, 2.45) is 5.92 Å². The Morgan fingerprint density at radius 1 is 1.19 bits per heavy atom. The number of pyridine rings is 1. The molecule has 1 fully saturated rings. The summed E-state index contributed by atoms with van der Waals surface area (Å²) in [5.74, 6) is 2.09. The molecule has 0 bridgehead atoms. The zero-order valence-corrected chi connectivity index (χ0v) is 13.8. The minimum Gasteiger partial charge on any atom is -0.357 e. The van der Waals surface area contributed by atoms with Crippen LogP contribution in [0.2, 0.25) is 0 Å². The number of aromatic nitrogens is 1. The summed E-state index contributed by atoms with van der Waals surface area (Å²) in [6.45, 7) is 8.78. The monoisotopic (exact) mass is 289 g/mol. The highest BCUT2D eigenvalue weighted by Gasteiger charge is 2.17. The highest BCUT2D eigenvalue weighted by Crippen LogP contribution is 2.24. The van der Waals surface area contributed by atoms with Crippen LogP contribution >= 0.6 is 0 Å². The molecule has 0 aromatic carbocycles. The molecule has 1 atom stereocenters. The second-order valence-electron chi connectivity index (χ2n) is 6.24. The molecular weight excluding hydrogens is 258 g/mol. The number of nitrogens with one attached hydrogen (secondary N) is 1. The van der Waals surface area contributed by atoms with Crippen molar-refractivity contribution >= 4 is 5.82 Å². The molecule has 0 aliphatic carbocycles. The van der Waals surface area contributed by atoms with Crippen LogP contribution in [0, 0.1) is 5.92 Å². The standard InChI is InChI=1S/C18H31N3/c1-3-7-16-8-6-13-21(14-11-16)18-10-5-9-17(20-18)15-19-12-4-2/h5,9-10,16,19H,3-4,6-8,11-15H2,1-2H3. The minimum atomic E-state index is 0.883. The Morgan fingerprint density at radius 2 is 2.10 bits per heavy atom. The molecule has 0 amide bonds. The van der Waals surface area contributed by atoms with E-state index < -0.39 is 0 Å². The summed E-state index contributed by atoms with van der Waals surface area (Å²) >= 11 is 0. The van der Waals surface area contributed by atoms with Crippen LogP contribution in [0.5, 0.6) is 0 Å². The lowest BCUT2D eigenvalue weighted by Crippen LogP contribution is -2.26. The fraction of sp³-hybridized carbons (Fsp3) is 0.722. The SMILES string of the molecule is CCCNCc1cccc(N2CCCC(CCC)CC2)n1. The molecule has 1 aromatic rings. The lowest BCUT2D eigenvalue weighted by Gasteiger charge is -2.22. The molecule has 3 heteroatoms. The van der Waals surface area contributed by atoms with E-state index in [1.165, 1.54) is 57.4 Å². The van der Waals surface area contributed by atoms with E-state index in [1.54, 1.807) is 0 Å². The van der Waals surface area contributed by atoms with Crippen molar-refractivity contribution in [3.63, 3.8) is 0 Å². The molecule has 1 aromatic heterocycles. The fourth-order valence-electron chi connectivity index (χ4n) is 3.23. The van der Waals surface area contributed by atoms with E-state index in [1.807, 2.05) is 0 Å². The topological polar surface area (TPSA) is 28.2 Å². The Hall–Kier alpha value is -1.09. The van der Waals surface area contributed by atoms with Crippen LogP contribution in [0.1, 0.15) is 58.1 Å². The molecule has 0 spiro atoms. The fourth-order valence-corrected chi connectivity index (χ4v) is 3.23. The van der Waals surface area contributed by atoms with Crippen molar-refractivity contribution in [1.82, 2.24) is 10.3 Å². The van der Waals surface area contributed by atoms with Crippen molar-refractivity contribution < 1.29 is 0 Å². The summed E-state index contributed by atoms with van der Waals surface area (Å²) in [6.07, 6.45) is 7.91. The molecule has 0 saturated carbocycles. The van der Waals surface area contributed by atoms with Gasteiger partial charge in [-0.25, -0.2) is 4.98 Å². The minimum absolute atomic E-state index is 0.883. The molecule has 1 aliphatic heterocycles. The largest absolute Gasteiger partial charge is 0.357 e. The maximum absolute atomic E-state index is 4.84. The molecule has 0 radical (unpaired) electrons. The Labute approximate surface area is 130 Å². The van der Waals surface area contributed by atoms with Gasteiger partial charge < -0.3 is 10.2 Å². The summed E-state index contributed by atoms with van der Waals surface area (Å²) in [5.41, 5.74) is 1.16. The second kappa shape index (κ2) is 9.04. The number of hydrogen-bond acceptors (Lipinski definition) is 3. The molecule has 1 aliphatic rings. The van der Waals surface area contributed by atoms with Crippen molar-refractivity contribution in [3.8, 4) is 0 Å². The van der Waals surface area contributed by atoms with Crippen LogP contribution in [0.4, 0.5) is 5.82 Å². The maximum atomic E-state index is 4.84. The van der Waals surface area contributed by atoms with Crippen LogP contribution in [-0.2, 0) is 6.54 Å². The first-order valence-electron chi connectivity index (χ1n) is 8.75. The Balaban J connectivity index is 1.92. The Morgan fingerprint density at radius 3 is 2.90 bits per heavy atom. The first-order chi connectivity index (χ1) is 10.3. The Kier molecular flexibility index (Phi) is 7.01. The summed E-state index contributed by atoms with van der Waals surface area (Å²) < 4.78 is 0. The molecule has 3 nitrogen and oxygen atoms in total. The van der Waals surface area contributed by atoms with Gasteiger partial charge in [-0.15, -0.1) is 0 Å². The zero-order valence-electron chi connectivity index (χ0n) is 13.8. The molecule has 2 rings (SSSR count). The number of anilines is 1. The highest BCUT2D eigenvalue weighted by molar-refractivity contribution is 5.39. The maximum Gasteiger partial charge on any atom is 0.128 e. The van der Waals surface area contributed by atoms with Gasteiger partial charge >= 0.3 is 0 Å². The zero-order chi connectivity index (χ0) is 14.9. The molecule has 21 heavy (non-hydrogen) atoms. The van der Waals surface area contributed by atoms with E-state index in [4.69, 9.17) is 4.98 Å². The summed E-state index contributed by atoms with van der Waals surface area (Å²) in [4.78, 5) is 7.33. The van der Waals surface area contributed by atoms with Gasteiger partial charge in [-0.3, -0.25) is 0 Å². The van der Waals surface area contributed by atoms with Gasteiger partial charge in [0.05, 0.1) is 5.69 Å². The van der Waals surface area contributed by atoms with Crippen molar-refractivity contribution in [2.45, 2.75) is 58.9 Å². The molecular formula is C18H31N3. The highest BCUT2D eigenvalue weighted by atomic mass is 15.2. The van der Waals surface area contributed by atoms with Crippen LogP contribution in [0.25, 0.3) is 0 Å². The van der Waals surface area contributed by atoms with Gasteiger partial charge in [0.1, 0.15) is 5.82 Å². The summed E-state index contributed by atoms with van der Waals surface area (Å²) in [6, 6.07) is 6.45. The smallest absolute Gasteiger partial charge is 0.128 e. The van der Waals surface area contributed by atoms with E-state index in [-0.39, 0.29) is 0 Å². The third kappa shape index (κ3) is 5.31. The Bertz CT molecular complexity index is 405. The number of nitrogens with zero attached hydrogens (tertiary/aromatic N) is 2. The van der Waals surface area contributed by atoms with Gasteiger partial charge in [-0.1, -0.05) is 32.8 Å². The van der Waals surface area contributed by atoms with Crippen LogP contribution < -0.4 is 10.2 Å². The van der Waals surface area contributed by atoms with E-state index in [0.29, 0.717) is 0 Å². The van der Waals surface area contributed by atoms with Crippen molar-refractivity contribution in [1.29, 1.82) is 0 Å². The third-order valence-electron chi connectivity index (χ3n) is 4.39. The van der Waals surface area contributed by atoms with Gasteiger partial charge in [-0.2, -0.15) is 0 Å². The normalized spacial score (nSPS) is 19.5. The number of hydrogen-bond donors (Lipinski definition) is 1. The summed E-state index contributed by atoms with van der Waals surface area (Å²) in [7, 11) is 0. The van der Waals surface area contributed by atoms with Gasteiger partial charge in [0, 0.05) is 19.6 Å². The van der Waals surface area contributed by atoms with E-state index in [9.17, 15) is 0 Å². The lowest BCUT2D eigenvalue weighted by molar-refractivity contribution is 0.435. The molecule has 1 N–H and O–H groups in total. The van der Waals surface area contributed by atoms with Crippen molar-refractivity contribution in [3.05, 3.63) is 23.9 Å². The molecule has 118 valence electrons. The third-order valence-corrected chi connectivity index (χ3v) is 4.39. The van der Waals surface area contributed by atoms with E-state index >= 15 is 0 Å². The van der Waals surface area contributed by atoms with Gasteiger partial charge in [-0.05, 0) is 50.3 Å². The predicted molar refractivity (Wildman–Crippen MR) is 90.7 cm³/mol. The van der Waals surface area contributed by atoms with Gasteiger partial charge in [0.25, 0.3) is 0 Å².